The van der Waals surface area contributed by atoms with Crippen LogP contribution in [-0.2, 0) is 0 Å². The minimum atomic E-state index is -0.236. The van der Waals surface area contributed by atoms with Crippen molar-refractivity contribution in [2.24, 2.45) is 10.7 Å². The van der Waals surface area contributed by atoms with Crippen molar-refractivity contribution in [3.8, 4) is 0 Å². The molecule has 70 valence electrons. The van der Waals surface area contributed by atoms with E-state index < -0.39 is 0 Å². The lowest BCUT2D eigenvalue weighted by Crippen LogP contribution is -2.07. The highest BCUT2D eigenvalue weighted by atomic mass is 19.1. The smallest absolute Gasteiger partial charge is 0.128 e. The fourth-order valence-corrected chi connectivity index (χ4v) is 1.19. The van der Waals surface area contributed by atoms with Gasteiger partial charge in [0.15, 0.2) is 0 Å². The lowest BCUT2D eigenvalue weighted by atomic mass is 10.1. The summed E-state index contributed by atoms with van der Waals surface area (Å²) in [5.74, 6) is 0.232. The molecule has 0 aromatic heterocycles. The average molecular weight is 180 g/mol. The second-order valence-electron chi connectivity index (χ2n) is 2.97. The van der Waals surface area contributed by atoms with Crippen molar-refractivity contribution in [2.45, 2.75) is 19.9 Å². The van der Waals surface area contributed by atoms with Gasteiger partial charge in [-0.15, -0.1) is 0 Å². The minimum Gasteiger partial charge on any atom is -0.388 e. The van der Waals surface area contributed by atoms with Gasteiger partial charge >= 0.3 is 0 Å². The van der Waals surface area contributed by atoms with Crippen molar-refractivity contribution in [2.75, 3.05) is 0 Å². The molecule has 1 atom stereocenters. The zero-order chi connectivity index (χ0) is 9.84. The molecule has 0 bridgehead atoms. The van der Waals surface area contributed by atoms with Crippen LogP contribution >= 0.6 is 0 Å². The Morgan fingerprint density at radius 2 is 2.08 bits per heavy atom. The largest absolute Gasteiger partial charge is 0.388 e. The van der Waals surface area contributed by atoms with E-state index >= 15 is 0 Å². The van der Waals surface area contributed by atoms with Gasteiger partial charge in [-0.2, -0.15) is 0 Å². The lowest BCUT2D eigenvalue weighted by molar-refractivity contribution is 0.594. The van der Waals surface area contributed by atoms with Gasteiger partial charge in [0, 0.05) is 5.56 Å². The zero-order valence-corrected chi connectivity index (χ0v) is 7.79. The minimum absolute atomic E-state index is 0.216. The average Bonchev–Trinajstić information content (AvgIpc) is 2.03. The van der Waals surface area contributed by atoms with E-state index in [1.165, 1.54) is 6.07 Å². The Labute approximate surface area is 77.3 Å². The van der Waals surface area contributed by atoms with Crippen LogP contribution in [0.5, 0.6) is 0 Å². The summed E-state index contributed by atoms with van der Waals surface area (Å²) in [6.07, 6.45) is 0. The van der Waals surface area contributed by atoms with Gasteiger partial charge in [0.05, 0.1) is 11.9 Å². The Balaban J connectivity index is 2.95. The van der Waals surface area contributed by atoms with Crippen molar-refractivity contribution in [3.05, 3.63) is 35.6 Å². The van der Waals surface area contributed by atoms with Crippen LogP contribution < -0.4 is 5.73 Å². The molecule has 2 nitrogen and oxygen atoms in total. The van der Waals surface area contributed by atoms with Crippen molar-refractivity contribution in [1.82, 2.24) is 0 Å². The molecule has 0 aliphatic heterocycles. The number of aliphatic imine (C=N–C) groups is 1. The summed E-state index contributed by atoms with van der Waals surface area (Å²) in [7, 11) is 0. The van der Waals surface area contributed by atoms with Gasteiger partial charge in [-0.05, 0) is 19.9 Å². The van der Waals surface area contributed by atoms with Gasteiger partial charge in [0.25, 0.3) is 0 Å². The van der Waals surface area contributed by atoms with Crippen molar-refractivity contribution < 1.29 is 4.39 Å². The van der Waals surface area contributed by atoms with E-state index in [0.717, 1.165) is 0 Å². The van der Waals surface area contributed by atoms with E-state index in [1.807, 2.05) is 6.92 Å². The molecule has 0 amide bonds. The van der Waals surface area contributed by atoms with Crippen LogP contribution in [-0.4, -0.2) is 5.84 Å². The first-order valence-electron chi connectivity index (χ1n) is 4.15. The second-order valence-corrected chi connectivity index (χ2v) is 2.97. The summed E-state index contributed by atoms with van der Waals surface area (Å²) >= 11 is 0. The fraction of sp³-hybridized carbons (Fsp3) is 0.300. The van der Waals surface area contributed by atoms with E-state index in [0.29, 0.717) is 11.4 Å². The standard InChI is InChI=1S/C10H13FN2/c1-7(13-8(2)12)9-5-3-4-6-10(9)11/h3-7H,1-2H3,(H2,12,13). The van der Waals surface area contributed by atoms with Gasteiger partial charge < -0.3 is 5.73 Å². The lowest BCUT2D eigenvalue weighted by Gasteiger charge is -2.07. The normalized spacial score (nSPS) is 14.2. The molecule has 0 radical (unpaired) electrons. The Hall–Kier alpha value is -1.38. The molecule has 1 aromatic rings. The SMILES string of the molecule is CC(N)=NC(C)c1ccccc1F. The topological polar surface area (TPSA) is 38.4 Å². The number of hydrogen-bond donors (Lipinski definition) is 1. The maximum absolute atomic E-state index is 13.2. The number of rotatable bonds is 2. The van der Waals surface area contributed by atoms with E-state index in [9.17, 15) is 4.39 Å². The molecule has 0 aliphatic carbocycles. The summed E-state index contributed by atoms with van der Waals surface area (Å²) in [4.78, 5) is 4.06. The van der Waals surface area contributed by atoms with Crippen LogP contribution in [0.4, 0.5) is 4.39 Å². The van der Waals surface area contributed by atoms with Crippen molar-refractivity contribution in [1.29, 1.82) is 0 Å². The molecule has 0 saturated carbocycles. The Morgan fingerprint density at radius 3 is 2.62 bits per heavy atom. The van der Waals surface area contributed by atoms with Gasteiger partial charge in [-0.3, -0.25) is 4.99 Å². The molecule has 2 N–H and O–H groups in total. The Kier molecular flexibility index (Phi) is 3.01. The predicted octanol–water partition coefficient (Wildman–Crippen LogP) is 2.26. The van der Waals surface area contributed by atoms with Crippen LogP contribution in [0, 0.1) is 5.82 Å². The highest BCUT2D eigenvalue weighted by Gasteiger charge is 2.07. The van der Waals surface area contributed by atoms with E-state index in [2.05, 4.69) is 4.99 Å². The maximum atomic E-state index is 13.2. The summed E-state index contributed by atoms with van der Waals surface area (Å²) in [6, 6.07) is 6.37. The molecule has 1 unspecified atom stereocenters. The first kappa shape index (κ1) is 9.71. The molecule has 3 heteroatoms. The molecule has 0 saturated heterocycles. The summed E-state index contributed by atoms with van der Waals surface area (Å²) < 4.78 is 13.2. The molecule has 0 fully saturated rings. The van der Waals surface area contributed by atoms with E-state index in [4.69, 9.17) is 5.73 Å². The summed E-state index contributed by atoms with van der Waals surface area (Å²) in [5, 5.41) is 0. The predicted molar refractivity (Wildman–Crippen MR) is 52.1 cm³/mol. The van der Waals surface area contributed by atoms with Crippen molar-refractivity contribution >= 4 is 5.84 Å². The van der Waals surface area contributed by atoms with Gasteiger partial charge in [-0.25, -0.2) is 4.39 Å². The number of benzene rings is 1. The number of nitrogens with two attached hydrogens (primary N) is 1. The van der Waals surface area contributed by atoms with Crippen LogP contribution in [0.1, 0.15) is 25.5 Å². The quantitative estimate of drug-likeness (QED) is 0.550. The molecule has 1 aromatic carbocycles. The van der Waals surface area contributed by atoms with Crippen LogP contribution in [0.3, 0.4) is 0 Å². The highest BCUT2D eigenvalue weighted by Crippen LogP contribution is 2.19. The second kappa shape index (κ2) is 4.03. The third-order valence-corrected chi connectivity index (χ3v) is 1.75. The third-order valence-electron chi connectivity index (χ3n) is 1.75. The highest BCUT2D eigenvalue weighted by molar-refractivity contribution is 5.77. The van der Waals surface area contributed by atoms with Crippen LogP contribution in [0.25, 0.3) is 0 Å². The molecule has 13 heavy (non-hydrogen) atoms. The molecular weight excluding hydrogens is 167 g/mol. The fourth-order valence-electron chi connectivity index (χ4n) is 1.19. The first-order chi connectivity index (χ1) is 6.11. The monoisotopic (exact) mass is 180 g/mol. The van der Waals surface area contributed by atoms with Crippen LogP contribution in [0.15, 0.2) is 29.3 Å². The molecule has 0 aliphatic rings. The van der Waals surface area contributed by atoms with Crippen molar-refractivity contribution in [3.63, 3.8) is 0 Å². The molecular formula is C10H13FN2. The first-order valence-corrected chi connectivity index (χ1v) is 4.15. The summed E-state index contributed by atoms with van der Waals surface area (Å²) in [5.41, 5.74) is 5.98. The van der Waals surface area contributed by atoms with Gasteiger partial charge in [0.2, 0.25) is 0 Å². The van der Waals surface area contributed by atoms with Crippen LogP contribution in [0.2, 0.25) is 0 Å². The number of amidine groups is 1. The zero-order valence-electron chi connectivity index (χ0n) is 7.79. The number of hydrogen-bond acceptors (Lipinski definition) is 1. The summed E-state index contributed by atoms with van der Waals surface area (Å²) in [6.45, 7) is 3.51. The van der Waals surface area contributed by atoms with Gasteiger partial charge in [0.1, 0.15) is 5.82 Å². The number of nitrogens with zero attached hydrogens (tertiary/aromatic N) is 1. The molecule has 0 heterocycles. The van der Waals surface area contributed by atoms with E-state index in [1.54, 1.807) is 25.1 Å². The number of halogens is 1. The maximum Gasteiger partial charge on any atom is 0.128 e. The molecule has 1 rings (SSSR count). The third kappa shape index (κ3) is 2.54. The van der Waals surface area contributed by atoms with E-state index in [-0.39, 0.29) is 11.9 Å². The molecule has 0 spiro atoms. The Bertz CT molecular complexity index is 316. The Morgan fingerprint density at radius 1 is 1.46 bits per heavy atom. The van der Waals surface area contributed by atoms with Gasteiger partial charge in [-0.1, -0.05) is 18.2 Å².